The molecule has 3 rings (SSSR count). The van der Waals surface area contributed by atoms with Crippen molar-refractivity contribution in [1.82, 2.24) is 5.09 Å². The summed E-state index contributed by atoms with van der Waals surface area (Å²) in [5.74, 6) is 1.02. The van der Waals surface area contributed by atoms with E-state index >= 15 is 0 Å². The van der Waals surface area contributed by atoms with Crippen molar-refractivity contribution in [2.75, 3.05) is 0 Å². The Labute approximate surface area is 170 Å². The average Bonchev–Trinajstić information content (AvgIpc) is 2.67. The number of nitrogens with one attached hydrogen (secondary N) is 1. The fraction of sp³-hybridized carbons (Fsp3) is 0.240. The predicted molar refractivity (Wildman–Crippen MR) is 125 cm³/mol. The average molecular weight is 388 g/mol. The minimum absolute atomic E-state index is 0.0983. The molecule has 0 bridgehead atoms. The molecule has 28 heavy (non-hydrogen) atoms. The van der Waals surface area contributed by atoms with Gasteiger partial charge in [-0.05, 0) is 25.0 Å². The van der Waals surface area contributed by atoms with Crippen LogP contribution in [0.3, 0.4) is 0 Å². The van der Waals surface area contributed by atoms with Crippen LogP contribution < -0.4 is 15.7 Å². The smallest absolute Gasteiger partial charge is 0.111 e. The molecule has 0 aliphatic rings. The molecule has 0 saturated carbocycles. The van der Waals surface area contributed by atoms with Crippen LogP contribution in [0, 0.1) is 19.3 Å². The van der Waals surface area contributed by atoms with Gasteiger partial charge in [-0.2, -0.15) is 0 Å². The molecule has 144 valence electrons. The lowest BCUT2D eigenvalue weighted by Crippen LogP contribution is -2.36. The van der Waals surface area contributed by atoms with Crippen molar-refractivity contribution in [2.45, 2.75) is 34.6 Å². The summed E-state index contributed by atoms with van der Waals surface area (Å²) in [6.45, 7) is 10.9. The van der Waals surface area contributed by atoms with Crippen LogP contribution in [0.15, 0.2) is 83.9 Å². The maximum atomic E-state index is 5.14. The quantitative estimate of drug-likeness (QED) is 0.330. The van der Waals surface area contributed by atoms with E-state index < -0.39 is 8.07 Å². The van der Waals surface area contributed by atoms with Crippen LogP contribution in [0.25, 0.3) is 0 Å². The van der Waals surface area contributed by atoms with Gasteiger partial charge in [0, 0.05) is 16.0 Å². The molecule has 0 atom stereocenters. The number of hydrogen-bond acceptors (Lipinski definition) is 1. The van der Waals surface area contributed by atoms with Crippen molar-refractivity contribution in [2.24, 2.45) is 10.4 Å². The summed E-state index contributed by atoms with van der Waals surface area (Å²) in [6.07, 6.45) is 0. The molecule has 0 spiro atoms. The molecular formula is C25H29N2P. The lowest BCUT2D eigenvalue weighted by Gasteiger charge is -2.29. The lowest BCUT2D eigenvalue weighted by molar-refractivity contribution is 0.580. The van der Waals surface area contributed by atoms with Crippen molar-refractivity contribution in [1.29, 1.82) is 0 Å². The van der Waals surface area contributed by atoms with Gasteiger partial charge in [-0.25, -0.2) is 4.99 Å². The van der Waals surface area contributed by atoms with Crippen LogP contribution in [0.2, 0.25) is 0 Å². The number of aliphatic imine (C=N–C) groups is 1. The zero-order valence-corrected chi connectivity index (χ0v) is 18.3. The predicted octanol–water partition coefficient (Wildman–Crippen LogP) is 6.02. The first-order valence-corrected chi connectivity index (χ1v) is 11.0. The van der Waals surface area contributed by atoms with E-state index in [-0.39, 0.29) is 5.41 Å². The molecule has 0 aliphatic heterocycles. The van der Waals surface area contributed by atoms with Gasteiger partial charge in [-0.15, -0.1) is 0 Å². The van der Waals surface area contributed by atoms with E-state index in [0.717, 1.165) is 11.5 Å². The highest BCUT2D eigenvalue weighted by molar-refractivity contribution is 7.71. The third-order valence-electron chi connectivity index (χ3n) is 4.62. The van der Waals surface area contributed by atoms with Crippen molar-refractivity contribution in [3.8, 4) is 0 Å². The Morgan fingerprint density at radius 2 is 1.18 bits per heavy atom. The van der Waals surface area contributed by atoms with E-state index in [1.807, 2.05) is 0 Å². The van der Waals surface area contributed by atoms with Crippen LogP contribution in [-0.4, -0.2) is 5.84 Å². The third kappa shape index (κ3) is 4.88. The number of hydrogen-bond donors (Lipinski definition) is 1. The molecule has 0 fully saturated rings. The first-order valence-electron chi connectivity index (χ1n) is 9.68. The van der Waals surface area contributed by atoms with Crippen molar-refractivity contribution >= 4 is 30.2 Å². The highest BCUT2D eigenvalue weighted by atomic mass is 31.1. The Balaban J connectivity index is 2.08. The van der Waals surface area contributed by atoms with E-state index in [1.165, 1.54) is 21.7 Å². The molecule has 3 aromatic rings. The van der Waals surface area contributed by atoms with Crippen LogP contribution >= 0.6 is 8.07 Å². The number of amidine groups is 1. The zero-order valence-electron chi connectivity index (χ0n) is 17.4. The summed E-state index contributed by atoms with van der Waals surface area (Å²) < 4.78 is 0. The largest absolute Gasteiger partial charge is 0.345 e. The zero-order chi connectivity index (χ0) is 20.1. The van der Waals surface area contributed by atoms with Gasteiger partial charge in [0.15, 0.2) is 0 Å². The van der Waals surface area contributed by atoms with E-state index in [1.54, 1.807) is 0 Å². The first kappa shape index (κ1) is 20.3. The maximum Gasteiger partial charge on any atom is 0.111 e. The Morgan fingerprint density at radius 1 is 0.714 bits per heavy atom. The molecule has 3 heteroatoms. The standard InChI is InChI=1S/C25H29N2P/c1-19-13-12-14-20(2)23(19)26-24(25(3,4)5)27-28(21-15-8-6-9-16-21)22-17-10-7-11-18-22/h6-18H,1-5H3,(H,26,27). The van der Waals surface area contributed by atoms with Gasteiger partial charge in [-0.3, -0.25) is 0 Å². The van der Waals surface area contributed by atoms with Crippen molar-refractivity contribution in [3.63, 3.8) is 0 Å². The Hall–Kier alpha value is -2.44. The molecule has 0 unspecified atom stereocenters. The molecule has 3 aromatic carbocycles. The summed E-state index contributed by atoms with van der Waals surface area (Å²) in [5, 5.41) is 6.43. The van der Waals surface area contributed by atoms with E-state index in [4.69, 9.17) is 4.99 Å². The Morgan fingerprint density at radius 3 is 1.61 bits per heavy atom. The monoisotopic (exact) mass is 388 g/mol. The van der Waals surface area contributed by atoms with Gasteiger partial charge >= 0.3 is 0 Å². The SMILES string of the molecule is Cc1cccc(C)c1N=C(NP(c1ccccc1)c1ccccc1)C(C)(C)C. The number of para-hydroxylation sites is 1. The number of aryl methyl sites for hydroxylation is 2. The van der Waals surface area contributed by atoms with Crippen LogP contribution in [0.4, 0.5) is 5.69 Å². The number of rotatable bonds is 4. The van der Waals surface area contributed by atoms with E-state index in [2.05, 4.69) is 119 Å². The summed E-state index contributed by atoms with van der Waals surface area (Å²) >= 11 is 0. The van der Waals surface area contributed by atoms with Gasteiger partial charge in [0.2, 0.25) is 0 Å². The highest BCUT2D eigenvalue weighted by Gasteiger charge is 2.24. The fourth-order valence-corrected chi connectivity index (χ4v) is 5.09. The molecule has 0 saturated heterocycles. The maximum absolute atomic E-state index is 5.14. The summed E-state index contributed by atoms with van der Waals surface area (Å²) in [4.78, 5) is 5.14. The molecular weight excluding hydrogens is 359 g/mol. The van der Waals surface area contributed by atoms with Gasteiger partial charge in [0.05, 0.1) is 13.8 Å². The van der Waals surface area contributed by atoms with Gasteiger partial charge in [0.1, 0.15) is 5.84 Å². The van der Waals surface area contributed by atoms with Gasteiger partial charge in [0.25, 0.3) is 0 Å². The molecule has 0 aliphatic carbocycles. The minimum Gasteiger partial charge on any atom is -0.345 e. The van der Waals surface area contributed by atoms with E-state index in [0.29, 0.717) is 0 Å². The number of nitrogens with zero attached hydrogens (tertiary/aromatic N) is 1. The Bertz CT molecular complexity index is 882. The van der Waals surface area contributed by atoms with Crippen LogP contribution in [0.1, 0.15) is 31.9 Å². The topological polar surface area (TPSA) is 24.4 Å². The van der Waals surface area contributed by atoms with Gasteiger partial charge in [-0.1, -0.05) is 99.6 Å². The Kier molecular flexibility index (Phi) is 6.31. The number of benzene rings is 3. The van der Waals surface area contributed by atoms with Crippen LogP contribution in [0.5, 0.6) is 0 Å². The van der Waals surface area contributed by atoms with Crippen molar-refractivity contribution in [3.05, 3.63) is 90.0 Å². The molecule has 0 heterocycles. The van der Waals surface area contributed by atoms with Crippen LogP contribution in [-0.2, 0) is 0 Å². The van der Waals surface area contributed by atoms with Crippen molar-refractivity contribution < 1.29 is 0 Å². The minimum atomic E-state index is -0.751. The lowest BCUT2D eigenvalue weighted by atomic mass is 9.95. The second kappa shape index (κ2) is 8.71. The summed E-state index contributed by atoms with van der Waals surface area (Å²) in [7, 11) is -0.751. The molecule has 0 aromatic heterocycles. The molecule has 0 amide bonds. The molecule has 1 N–H and O–H groups in total. The normalized spacial score (nSPS) is 12.3. The summed E-state index contributed by atoms with van der Waals surface area (Å²) in [5.41, 5.74) is 3.37. The second-order valence-corrected chi connectivity index (χ2v) is 10.00. The van der Waals surface area contributed by atoms with E-state index in [9.17, 15) is 0 Å². The van der Waals surface area contributed by atoms with Gasteiger partial charge < -0.3 is 5.09 Å². The fourth-order valence-electron chi connectivity index (χ4n) is 2.99. The second-order valence-electron chi connectivity index (χ2n) is 8.07. The highest BCUT2D eigenvalue weighted by Crippen LogP contribution is 2.33. The molecule has 2 nitrogen and oxygen atoms in total. The third-order valence-corrected chi connectivity index (χ3v) is 6.68. The summed E-state index contributed by atoms with van der Waals surface area (Å²) in [6, 6.07) is 27.7. The molecule has 0 radical (unpaired) electrons. The first-order chi connectivity index (χ1) is 13.4.